The summed E-state index contributed by atoms with van der Waals surface area (Å²) >= 11 is 0. The third-order valence-corrected chi connectivity index (χ3v) is 6.52. The second kappa shape index (κ2) is 7.90. The zero-order valence-electron chi connectivity index (χ0n) is 16.5. The van der Waals surface area contributed by atoms with Crippen molar-refractivity contribution in [1.29, 1.82) is 0 Å². The third-order valence-electron chi connectivity index (χ3n) is 6.52. The molecule has 2 bridgehead atoms. The van der Waals surface area contributed by atoms with Crippen LogP contribution in [-0.2, 0) is 24.6 Å². The summed E-state index contributed by atoms with van der Waals surface area (Å²) in [6.07, 6.45) is 1.45. The number of esters is 1. The highest BCUT2D eigenvalue weighted by Gasteiger charge is 2.45. The van der Waals surface area contributed by atoms with Crippen molar-refractivity contribution in [2.45, 2.75) is 30.7 Å². The Bertz CT molecular complexity index is 793. The lowest BCUT2D eigenvalue weighted by atomic mass is 9.85. The zero-order valence-corrected chi connectivity index (χ0v) is 16.5. The smallest absolute Gasteiger partial charge is 0.338 e. The van der Waals surface area contributed by atoms with Crippen molar-refractivity contribution in [2.24, 2.45) is 5.92 Å². The first kappa shape index (κ1) is 18.8. The number of ether oxygens (including phenoxy) is 3. The summed E-state index contributed by atoms with van der Waals surface area (Å²) in [5.74, 6) is 0.168. The van der Waals surface area contributed by atoms with E-state index < -0.39 is 11.7 Å². The zero-order chi connectivity index (χ0) is 19.7. The molecule has 0 N–H and O–H groups in total. The highest BCUT2D eigenvalue weighted by Crippen LogP contribution is 2.38. The van der Waals surface area contributed by atoms with Gasteiger partial charge in [-0.05, 0) is 43.0 Å². The van der Waals surface area contributed by atoms with Gasteiger partial charge < -0.3 is 14.2 Å². The standard InChI is InChI=1S/C24H27NO4/c26-23(28-21-15-25-13-11-18(21)12-14-25)22-16-27-17-24(29-22,19-7-3-1-4-8-19)20-9-5-2-6-10-20/h1-10,18,21-22H,11-17H2/t21-,22-/m1/s1. The molecule has 4 saturated heterocycles. The number of benzene rings is 2. The minimum atomic E-state index is -0.820. The topological polar surface area (TPSA) is 48.0 Å². The Labute approximate surface area is 171 Å². The summed E-state index contributed by atoms with van der Waals surface area (Å²) in [5.41, 5.74) is 1.14. The molecule has 0 radical (unpaired) electrons. The molecule has 29 heavy (non-hydrogen) atoms. The van der Waals surface area contributed by atoms with Crippen LogP contribution in [0, 0.1) is 5.92 Å². The van der Waals surface area contributed by atoms with Crippen LogP contribution in [-0.4, -0.2) is 55.9 Å². The molecule has 0 spiro atoms. The van der Waals surface area contributed by atoms with Crippen LogP contribution in [0.15, 0.2) is 60.7 Å². The molecular weight excluding hydrogens is 366 g/mol. The fourth-order valence-electron chi connectivity index (χ4n) is 4.89. The molecule has 4 aliphatic heterocycles. The molecule has 0 saturated carbocycles. The molecule has 2 aromatic carbocycles. The van der Waals surface area contributed by atoms with Gasteiger partial charge in [0, 0.05) is 6.54 Å². The third kappa shape index (κ3) is 3.59. The van der Waals surface area contributed by atoms with Gasteiger partial charge in [0.1, 0.15) is 11.7 Å². The predicted octanol–water partition coefficient (Wildman–Crippen LogP) is 2.98. The van der Waals surface area contributed by atoms with E-state index in [1.165, 1.54) is 0 Å². The average Bonchev–Trinajstić information content (AvgIpc) is 2.81. The Hall–Kier alpha value is -2.21. The van der Waals surface area contributed by atoms with E-state index in [4.69, 9.17) is 14.2 Å². The van der Waals surface area contributed by atoms with Crippen molar-refractivity contribution in [3.8, 4) is 0 Å². The van der Waals surface area contributed by atoms with Crippen molar-refractivity contribution in [3.05, 3.63) is 71.8 Å². The van der Waals surface area contributed by atoms with Crippen LogP contribution in [0.25, 0.3) is 0 Å². The summed E-state index contributed by atoms with van der Waals surface area (Å²) in [6, 6.07) is 20.0. The lowest BCUT2D eigenvalue weighted by molar-refractivity contribution is -0.213. The number of carbonyl (C=O) groups excluding carboxylic acids is 1. The molecule has 2 aromatic rings. The summed E-state index contributed by atoms with van der Waals surface area (Å²) in [4.78, 5) is 15.4. The number of rotatable bonds is 4. The molecule has 5 heteroatoms. The van der Waals surface area contributed by atoms with E-state index in [-0.39, 0.29) is 18.7 Å². The minimum absolute atomic E-state index is 0.0293. The first-order valence-electron chi connectivity index (χ1n) is 10.5. The highest BCUT2D eigenvalue weighted by atomic mass is 16.6. The van der Waals surface area contributed by atoms with Crippen molar-refractivity contribution in [1.82, 2.24) is 4.90 Å². The van der Waals surface area contributed by atoms with Gasteiger partial charge in [-0.25, -0.2) is 4.79 Å². The number of piperidine rings is 3. The fraction of sp³-hybridized carbons (Fsp3) is 0.458. The first-order valence-corrected chi connectivity index (χ1v) is 10.5. The SMILES string of the molecule is O=C(O[C@@H]1CN2CCC1CC2)[C@H]1COCC(c2ccccc2)(c2ccccc2)O1. The Morgan fingerprint density at radius 2 is 1.59 bits per heavy atom. The van der Waals surface area contributed by atoms with Crippen LogP contribution in [0.1, 0.15) is 24.0 Å². The van der Waals surface area contributed by atoms with E-state index in [0.29, 0.717) is 12.5 Å². The molecule has 4 heterocycles. The number of hydrogen-bond donors (Lipinski definition) is 0. The summed E-state index contributed by atoms with van der Waals surface area (Å²) in [7, 11) is 0. The van der Waals surface area contributed by atoms with Crippen molar-refractivity contribution in [3.63, 3.8) is 0 Å². The molecular formula is C24H27NO4. The fourth-order valence-corrected chi connectivity index (χ4v) is 4.89. The molecule has 0 aliphatic carbocycles. The Morgan fingerprint density at radius 3 is 2.14 bits per heavy atom. The normalized spacial score (nSPS) is 30.6. The molecule has 5 nitrogen and oxygen atoms in total. The molecule has 6 rings (SSSR count). The summed E-state index contributed by atoms with van der Waals surface area (Å²) < 4.78 is 18.4. The Balaban J connectivity index is 1.39. The Kier molecular flexibility index (Phi) is 5.12. The largest absolute Gasteiger partial charge is 0.459 e. The van der Waals surface area contributed by atoms with Gasteiger partial charge in [-0.2, -0.15) is 0 Å². The van der Waals surface area contributed by atoms with Crippen LogP contribution in [0.2, 0.25) is 0 Å². The maximum Gasteiger partial charge on any atom is 0.338 e. The van der Waals surface area contributed by atoms with Crippen LogP contribution in [0.4, 0.5) is 0 Å². The van der Waals surface area contributed by atoms with Crippen molar-refractivity contribution < 1.29 is 19.0 Å². The molecule has 0 unspecified atom stereocenters. The van der Waals surface area contributed by atoms with Crippen molar-refractivity contribution >= 4 is 5.97 Å². The second-order valence-corrected chi connectivity index (χ2v) is 8.29. The lowest BCUT2D eigenvalue weighted by Gasteiger charge is -2.45. The van der Waals surface area contributed by atoms with Gasteiger partial charge >= 0.3 is 5.97 Å². The number of hydrogen-bond acceptors (Lipinski definition) is 5. The second-order valence-electron chi connectivity index (χ2n) is 8.29. The summed E-state index contributed by atoms with van der Waals surface area (Å²) in [5, 5.41) is 0. The predicted molar refractivity (Wildman–Crippen MR) is 108 cm³/mol. The van der Waals surface area contributed by atoms with Crippen LogP contribution in [0.5, 0.6) is 0 Å². The van der Waals surface area contributed by atoms with Gasteiger partial charge in [0.25, 0.3) is 0 Å². The van der Waals surface area contributed by atoms with Gasteiger partial charge in [0.05, 0.1) is 13.2 Å². The van der Waals surface area contributed by atoms with Gasteiger partial charge in [-0.15, -0.1) is 0 Å². The minimum Gasteiger partial charge on any atom is -0.459 e. The quantitative estimate of drug-likeness (QED) is 0.748. The van der Waals surface area contributed by atoms with Gasteiger partial charge in [-0.3, -0.25) is 4.90 Å². The first-order chi connectivity index (χ1) is 14.2. The number of fused-ring (bicyclic) bond motifs is 3. The van der Waals surface area contributed by atoms with E-state index >= 15 is 0 Å². The van der Waals surface area contributed by atoms with E-state index in [2.05, 4.69) is 4.90 Å². The number of nitrogens with zero attached hydrogens (tertiary/aromatic N) is 1. The average molecular weight is 393 g/mol. The molecule has 0 aromatic heterocycles. The van der Waals surface area contributed by atoms with Gasteiger partial charge in [0.2, 0.25) is 0 Å². The lowest BCUT2D eigenvalue weighted by Crippen LogP contribution is -2.54. The maximum atomic E-state index is 13.0. The highest BCUT2D eigenvalue weighted by molar-refractivity contribution is 5.75. The van der Waals surface area contributed by atoms with Gasteiger partial charge in [0.15, 0.2) is 6.10 Å². The monoisotopic (exact) mass is 393 g/mol. The molecule has 152 valence electrons. The molecule has 4 aliphatic rings. The van der Waals surface area contributed by atoms with Crippen LogP contribution >= 0.6 is 0 Å². The van der Waals surface area contributed by atoms with E-state index in [1.807, 2.05) is 60.7 Å². The molecule has 2 atom stereocenters. The van der Waals surface area contributed by atoms with E-state index in [9.17, 15) is 4.79 Å². The molecule has 0 amide bonds. The van der Waals surface area contributed by atoms with Crippen molar-refractivity contribution in [2.75, 3.05) is 32.8 Å². The summed E-state index contributed by atoms with van der Waals surface area (Å²) in [6.45, 7) is 3.66. The van der Waals surface area contributed by atoms with E-state index in [1.54, 1.807) is 0 Å². The Morgan fingerprint density at radius 1 is 0.966 bits per heavy atom. The van der Waals surface area contributed by atoms with E-state index in [0.717, 1.165) is 43.6 Å². The van der Waals surface area contributed by atoms with Gasteiger partial charge in [-0.1, -0.05) is 60.7 Å². The molecule has 4 fully saturated rings. The maximum absolute atomic E-state index is 13.0. The number of carbonyl (C=O) groups is 1. The van der Waals surface area contributed by atoms with Crippen LogP contribution in [0.3, 0.4) is 0 Å². The van der Waals surface area contributed by atoms with Crippen LogP contribution < -0.4 is 0 Å².